The van der Waals surface area contributed by atoms with E-state index in [0.717, 1.165) is 28.1 Å². The molecule has 4 aromatic rings. The summed E-state index contributed by atoms with van der Waals surface area (Å²) in [5.41, 5.74) is 4.35. The largest absolute Gasteiger partial charge is 0.489 e. The van der Waals surface area contributed by atoms with Crippen molar-refractivity contribution in [1.29, 1.82) is 0 Å². The summed E-state index contributed by atoms with van der Waals surface area (Å²) in [6, 6.07) is 27.2. The third kappa shape index (κ3) is 4.54. The molecule has 1 amide bonds. The van der Waals surface area contributed by atoms with Gasteiger partial charge in [0.2, 0.25) is 5.95 Å². The van der Waals surface area contributed by atoms with Crippen molar-refractivity contribution in [2.45, 2.75) is 26.1 Å². The van der Waals surface area contributed by atoms with Crippen LogP contribution in [-0.2, 0) is 17.9 Å². The predicted molar refractivity (Wildman–Crippen MR) is 130 cm³/mol. The molecule has 3 aromatic carbocycles. The molecular formula is C27H25N5O2. The van der Waals surface area contributed by atoms with Gasteiger partial charge in [0.05, 0.1) is 5.57 Å². The lowest BCUT2D eigenvalue weighted by molar-refractivity contribution is -0.118. The minimum atomic E-state index is -0.435. The molecule has 170 valence electrons. The molecule has 2 N–H and O–H groups in total. The fourth-order valence-corrected chi connectivity index (χ4v) is 4.08. The van der Waals surface area contributed by atoms with E-state index in [1.807, 2.05) is 91.9 Å². The van der Waals surface area contributed by atoms with Crippen molar-refractivity contribution in [3.05, 3.63) is 119 Å². The van der Waals surface area contributed by atoms with Crippen molar-refractivity contribution in [2.24, 2.45) is 0 Å². The molecule has 1 atom stereocenters. The van der Waals surface area contributed by atoms with Gasteiger partial charge in [0.1, 0.15) is 24.7 Å². The van der Waals surface area contributed by atoms with Crippen LogP contribution in [0.2, 0.25) is 0 Å². The Balaban J connectivity index is 1.42. The summed E-state index contributed by atoms with van der Waals surface area (Å²) in [7, 11) is 0. The average Bonchev–Trinajstić information content (AvgIpc) is 3.34. The number of rotatable bonds is 7. The van der Waals surface area contributed by atoms with Crippen LogP contribution >= 0.6 is 0 Å². The van der Waals surface area contributed by atoms with Crippen LogP contribution in [0.3, 0.4) is 0 Å². The van der Waals surface area contributed by atoms with Crippen molar-refractivity contribution in [1.82, 2.24) is 20.1 Å². The molecule has 0 saturated carbocycles. The molecule has 0 spiro atoms. The van der Waals surface area contributed by atoms with Crippen LogP contribution in [0.15, 0.2) is 103 Å². The second-order valence-corrected chi connectivity index (χ2v) is 8.11. The van der Waals surface area contributed by atoms with Gasteiger partial charge in [-0.2, -0.15) is 10.1 Å². The summed E-state index contributed by atoms with van der Waals surface area (Å²) in [5.74, 6) is 1.16. The minimum Gasteiger partial charge on any atom is -0.489 e. The van der Waals surface area contributed by atoms with E-state index in [-0.39, 0.29) is 5.91 Å². The van der Waals surface area contributed by atoms with Gasteiger partial charge in [0, 0.05) is 12.2 Å². The molecule has 0 saturated heterocycles. The average molecular weight is 452 g/mol. The van der Waals surface area contributed by atoms with Crippen LogP contribution in [0.5, 0.6) is 5.75 Å². The number of nitrogens with one attached hydrogen (secondary N) is 2. The number of allylic oxidation sites excluding steroid dienone is 1. The Kier molecular flexibility index (Phi) is 6.07. The Labute approximate surface area is 198 Å². The molecule has 5 rings (SSSR count). The SMILES string of the molecule is CC1=C(C(=O)NCc2ccccc2)[C@@H](c2cccc(OCc3ccccc3)c2)n2ncnc2N1. The zero-order valence-electron chi connectivity index (χ0n) is 18.8. The Morgan fingerprint density at radius 2 is 1.74 bits per heavy atom. The lowest BCUT2D eigenvalue weighted by Gasteiger charge is -2.29. The van der Waals surface area contributed by atoms with Crippen LogP contribution in [0.1, 0.15) is 29.7 Å². The highest BCUT2D eigenvalue weighted by atomic mass is 16.5. The number of anilines is 1. The zero-order valence-corrected chi connectivity index (χ0v) is 18.8. The highest BCUT2D eigenvalue weighted by Crippen LogP contribution is 2.35. The van der Waals surface area contributed by atoms with E-state index >= 15 is 0 Å². The van der Waals surface area contributed by atoms with Crippen LogP contribution in [0, 0.1) is 0 Å². The highest BCUT2D eigenvalue weighted by Gasteiger charge is 2.33. The Hall–Kier alpha value is -4.39. The number of ether oxygens (including phenoxy) is 1. The first-order valence-corrected chi connectivity index (χ1v) is 11.1. The number of fused-ring (bicyclic) bond motifs is 1. The number of amides is 1. The number of benzene rings is 3. The van der Waals surface area contributed by atoms with Crippen molar-refractivity contribution in [2.75, 3.05) is 5.32 Å². The fourth-order valence-electron chi connectivity index (χ4n) is 4.08. The van der Waals surface area contributed by atoms with Gasteiger partial charge in [-0.05, 0) is 35.7 Å². The monoisotopic (exact) mass is 451 g/mol. The molecule has 0 aliphatic carbocycles. The molecule has 1 aliphatic rings. The first-order valence-electron chi connectivity index (χ1n) is 11.1. The molecule has 1 aliphatic heterocycles. The molecule has 7 nitrogen and oxygen atoms in total. The quantitative estimate of drug-likeness (QED) is 0.434. The van der Waals surface area contributed by atoms with Crippen molar-refractivity contribution < 1.29 is 9.53 Å². The number of hydrogen-bond donors (Lipinski definition) is 2. The van der Waals surface area contributed by atoms with Crippen LogP contribution < -0.4 is 15.4 Å². The van der Waals surface area contributed by atoms with Crippen molar-refractivity contribution >= 4 is 11.9 Å². The van der Waals surface area contributed by atoms with Gasteiger partial charge in [-0.15, -0.1) is 0 Å². The standard InChI is InChI=1S/C27H25N5O2/c1-19-24(26(33)28-16-20-9-4-2-5-10-20)25(32-27(31-19)29-18-30-32)22-13-8-14-23(15-22)34-17-21-11-6-3-7-12-21/h2-15,18,25H,16-17H2,1H3,(H,28,33)(H,29,30,31)/t25-/m1/s1. The van der Waals surface area contributed by atoms with Gasteiger partial charge in [0.15, 0.2) is 0 Å². The Morgan fingerprint density at radius 3 is 2.50 bits per heavy atom. The summed E-state index contributed by atoms with van der Waals surface area (Å²) in [6.45, 7) is 2.79. The minimum absolute atomic E-state index is 0.157. The van der Waals surface area contributed by atoms with E-state index in [9.17, 15) is 4.79 Å². The maximum absolute atomic E-state index is 13.4. The maximum atomic E-state index is 13.4. The van der Waals surface area contributed by atoms with Crippen LogP contribution in [0.25, 0.3) is 0 Å². The number of hydrogen-bond acceptors (Lipinski definition) is 5. The summed E-state index contributed by atoms with van der Waals surface area (Å²) in [4.78, 5) is 17.7. The second-order valence-electron chi connectivity index (χ2n) is 8.11. The zero-order chi connectivity index (χ0) is 23.3. The van der Waals surface area contributed by atoms with E-state index in [2.05, 4.69) is 20.7 Å². The van der Waals surface area contributed by atoms with Gasteiger partial charge in [-0.25, -0.2) is 4.68 Å². The lowest BCUT2D eigenvalue weighted by Crippen LogP contribution is -2.34. The van der Waals surface area contributed by atoms with Gasteiger partial charge in [-0.3, -0.25) is 4.79 Å². The van der Waals surface area contributed by atoms with E-state index < -0.39 is 6.04 Å². The smallest absolute Gasteiger partial charge is 0.251 e. The molecule has 0 radical (unpaired) electrons. The van der Waals surface area contributed by atoms with Gasteiger partial charge in [0.25, 0.3) is 5.91 Å². The normalized spacial score (nSPS) is 14.8. The Bertz CT molecular complexity index is 1320. The lowest BCUT2D eigenvalue weighted by atomic mass is 9.95. The fraction of sp³-hybridized carbons (Fsp3) is 0.148. The summed E-state index contributed by atoms with van der Waals surface area (Å²) in [5, 5.41) is 10.7. The third-order valence-electron chi connectivity index (χ3n) is 5.76. The summed E-state index contributed by atoms with van der Waals surface area (Å²) >= 11 is 0. The van der Waals surface area contributed by atoms with Gasteiger partial charge >= 0.3 is 0 Å². The molecule has 1 aromatic heterocycles. The molecule has 0 fully saturated rings. The van der Waals surface area contributed by atoms with E-state index in [0.29, 0.717) is 24.7 Å². The second kappa shape index (κ2) is 9.62. The summed E-state index contributed by atoms with van der Waals surface area (Å²) in [6.07, 6.45) is 1.49. The number of carbonyl (C=O) groups is 1. The molecule has 0 bridgehead atoms. The number of aromatic nitrogens is 3. The third-order valence-corrected chi connectivity index (χ3v) is 5.76. The molecular weight excluding hydrogens is 426 g/mol. The Morgan fingerprint density at radius 1 is 1.00 bits per heavy atom. The molecule has 34 heavy (non-hydrogen) atoms. The van der Waals surface area contributed by atoms with Crippen molar-refractivity contribution in [3.8, 4) is 5.75 Å². The topological polar surface area (TPSA) is 81.1 Å². The van der Waals surface area contributed by atoms with Crippen molar-refractivity contribution in [3.63, 3.8) is 0 Å². The maximum Gasteiger partial charge on any atom is 0.251 e. The van der Waals surface area contributed by atoms with Crippen LogP contribution in [-0.4, -0.2) is 20.7 Å². The van der Waals surface area contributed by atoms with Gasteiger partial charge in [-0.1, -0.05) is 72.8 Å². The number of carbonyl (C=O) groups excluding carboxylic acids is 1. The highest BCUT2D eigenvalue weighted by molar-refractivity contribution is 5.96. The molecule has 2 heterocycles. The van der Waals surface area contributed by atoms with Gasteiger partial charge < -0.3 is 15.4 Å². The first-order chi connectivity index (χ1) is 16.7. The number of nitrogens with zero attached hydrogens (tertiary/aromatic N) is 3. The van der Waals surface area contributed by atoms with E-state index in [1.165, 1.54) is 6.33 Å². The summed E-state index contributed by atoms with van der Waals surface area (Å²) < 4.78 is 7.78. The van der Waals surface area contributed by atoms with E-state index in [1.54, 1.807) is 4.68 Å². The first kappa shape index (κ1) is 21.5. The molecule has 0 unspecified atom stereocenters. The van der Waals surface area contributed by atoms with Crippen LogP contribution in [0.4, 0.5) is 5.95 Å². The molecule has 7 heteroatoms. The van der Waals surface area contributed by atoms with E-state index in [4.69, 9.17) is 4.74 Å². The predicted octanol–water partition coefficient (Wildman–Crippen LogP) is 4.46.